The van der Waals surface area contributed by atoms with Gasteiger partial charge in [-0.2, -0.15) is 0 Å². The molecule has 1 amide bonds. The molecule has 5 heteroatoms. The zero-order chi connectivity index (χ0) is 14.7. The molecule has 1 aliphatic rings. The number of rotatable bonds is 5. The highest BCUT2D eigenvalue weighted by Crippen LogP contribution is 2.28. The molecule has 0 bridgehead atoms. The monoisotopic (exact) mass is 270 g/mol. The van der Waals surface area contributed by atoms with E-state index in [1.165, 1.54) is 0 Å². The van der Waals surface area contributed by atoms with Crippen LogP contribution in [-0.4, -0.2) is 28.6 Å². The second kappa shape index (κ2) is 5.90. The molecule has 0 aliphatic heterocycles. The summed E-state index contributed by atoms with van der Waals surface area (Å²) in [5, 5.41) is 11.8. The summed E-state index contributed by atoms with van der Waals surface area (Å²) in [5.41, 5.74) is 5.25. The van der Waals surface area contributed by atoms with E-state index in [0.29, 0.717) is 19.3 Å². The number of carboxylic acid groups (broad SMARTS) is 1. The van der Waals surface area contributed by atoms with Crippen molar-refractivity contribution in [3.8, 4) is 0 Å². The van der Waals surface area contributed by atoms with Crippen LogP contribution in [0.25, 0.3) is 0 Å². The molecule has 0 radical (unpaired) electrons. The van der Waals surface area contributed by atoms with E-state index in [1.54, 1.807) is 0 Å². The van der Waals surface area contributed by atoms with Gasteiger partial charge in [0.05, 0.1) is 12.0 Å². The van der Waals surface area contributed by atoms with Crippen LogP contribution in [0, 0.1) is 5.41 Å². The topological polar surface area (TPSA) is 92.4 Å². The van der Waals surface area contributed by atoms with Crippen LogP contribution in [-0.2, 0) is 9.59 Å². The van der Waals surface area contributed by atoms with Gasteiger partial charge in [-0.3, -0.25) is 9.59 Å². The Morgan fingerprint density at radius 2 is 1.84 bits per heavy atom. The van der Waals surface area contributed by atoms with Crippen molar-refractivity contribution < 1.29 is 14.7 Å². The van der Waals surface area contributed by atoms with Gasteiger partial charge in [-0.25, -0.2) is 0 Å². The number of aliphatic carboxylic acids is 1. The minimum atomic E-state index is -0.896. The lowest BCUT2D eigenvalue weighted by molar-refractivity contribution is -0.138. The summed E-state index contributed by atoms with van der Waals surface area (Å²) in [6, 6.07) is -0.356. The maximum atomic E-state index is 12.2. The van der Waals surface area contributed by atoms with Crippen molar-refractivity contribution in [1.29, 1.82) is 0 Å². The molecule has 4 N–H and O–H groups in total. The molecule has 1 fully saturated rings. The molecule has 1 unspecified atom stereocenters. The third-order valence-corrected chi connectivity index (χ3v) is 3.56. The van der Waals surface area contributed by atoms with Crippen LogP contribution in [0.2, 0.25) is 0 Å². The Balaban J connectivity index is 2.65. The summed E-state index contributed by atoms with van der Waals surface area (Å²) < 4.78 is 0. The molecule has 0 saturated heterocycles. The smallest absolute Gasteiger partial charge is 0.305 e. The minimum Gasteiger partial charge on any atom is -0.481 e. The molecule has 0 spiro atoms. The zero-order valence-corrected chi connectivity index (χ0v) is 12.2. The molecule has 5 nitrogen and oxygen atoms in total. The molecular weight excluding hydrogens is 244 g/mol. The Kier molecular flexibility index (Phi) is 4.96. The third-order valence-electron chi connectivity index (χ3n) is 3.56. The predicted molar refractivity (Wildman–Crippen MR) is 73.6 cm³/mol. The summed E-state index contributed by atoms with van der Waals surface area (Å²) in [6.07, 6.45) is 3.88. The van der Waals surface area contributed by atoms with Crippen LogP contribution in [0.5, 0.6) is 0 Å². The molecule has 0 aromatic carbocycles. The lowest BCUT2D eigenvalue weighted by Gasteiger charge is -2.30. The summed E-state index contributed by atoms with van der Waals surface area (Å²) in [7, 11) is 0. The van der Waals surface area contributed by atoms with Gasteiger partial charge in [-0.15, -0.1) is 0 Å². The Bertz CT molecular complexity index is 341. The number of carbonyl (C=O) groups is 2. The maximum Gasteiger partial charge on any atom is 0.305 e. The van der Waals surface area contributed by atoms with Crippen molar-refractivity contribution in [3.05, 3.63) is 0 Å². The maximum absolute atomic E-state index is 12.2. The van der Waals surface area contributed by atoms with Gasteiger partial charge in [0.25, 0.3) is 0 Å². The normalized spacial score (nSPS) is 20.0. The lowest BCUT2D eigenvalue weighted by atomic mass is 9.86. The number of carbonyl (C=O) groups excluding carboxylic acids is 1. The van der Waals surface area contributed by atoms with Crippen molar-refractivity contribution >= 4 is 11.9 Å². The van der Waals surface area contributed by atoms with Gasteiger partial charge in [-0.05, 0) is 24.7 Å². The number of amides is 1. The van der Waals surface area contributed by atoms with E-state index in [4.69, 9.17) is 10.8 Å². The van der Waals surface area contributed by atoms with Gasteiger partial charge in [0.1, 0.15) is 0 Å². The fourth-order valence-electron chi connectivity index (χ4n) is 2.69. The standard InChI is InChI=1S/C14H26N2O3/c1-13(2,3)9-10(8-11(17)18)16-12(19)14(15)6-4-5-7-14/h10H,4-9,15H2,1-3H3,(H,16,19)(H,17,18). The van der Waals surface area contributed by atoms with E-state index in [9.17, 15) is 9.59 Å². The Morgan fingerprint density at radius 3 is 2.26 bits per heavy atom. The molecular formula is C14H26N2O3. The van der Waals surface area contributed by atoms with Crippen LogP contribution in [0.15, 0.2) is 0 Å². The number of nitrogens with one attached hydrogen (secondary N) is 1. The van der Waals surface area contributed by atoms with Gasteiger partial charge in [0, 0.05) is 6.04 Å². The molecule has 1 aliphatic carbocycles. The first-order valence-electron chi connectivity index (χ1n) is 6.94. The van der Waals surface area contributed by atoms with E-state index in [2.05, 4.69) is 5.32 Å². The molecule has 0 heterocycles. The van der Waals surface area contributed by atoms with Crippen molar-refractivity contribution in [2.75, 3.05) is 0 Å². The lowest BCUT2D eigenvalue weighted by Crippen LogP contribution is -2.55. The number of carboxylic acids is 1. The van der Waals surface area contributed by atoms with Gasteiger partial charge in [0.2, 0.25) is 5.91 Å². The molecule has 1 atom stereocenters. The molecule has 19 heavy (non-hydrogen) atoms. The Labute approximate surface area is 114 Å². The summed E-state index contributed by atoms with van der Waals surface area (Å²) in [5.74, 6) is -1.09. The number of nitrogens with two attached hydrogens (primary N) is 1. The second-order valence-electron chi connectivity index (χ2n) is 6.90. The quantitative estimate of drug-likeness (QED) is 0.708. The van der Waals surface area contributed by atoms with Crippen molar-refractivity contribution in [1.82, 2.24) is 5.32 Å². The fraction of sp³-hybridized carbons (Fsp3) is 0.857. The zero-order valence-electron chi connectivity index (χ0n) is 12.2. The molecule has 1 saturated carbocycles. The highest BCUT2D eigenvalue weighted by Gasteiger charge is 2.38. The Hall–Kier alpha value is -1.10. The average molecular weight is 270 g/mol. The summed E-state index contributed by atoms with van der Waals surface area (Å²) in [4.78, 5) is 23.1. The van der Waals surface area contributed by atoms with Crippen LogP contribution >= 0.6 is 0 Å². The molecule has 0 aromatic heterocycles. The van der Waals surface area contributed by atoms with Crippen molar-refractivity contribution in [2.45, 2.75) is 70.9 Å². The first kappa shape index (κ1) is 16.0. The number of hydrogen-bond acceptors (Lipinski definition) is 3. The van der Waals surface area contributed by atoms with Crippen molar-refractivity contribution in [3.63, 3.8) is 0 Å². The first-order valence-corrected chi connectivity index (χ1v) is 6.94. The van der Waals surface area contributed by atoms with E-state index < -0.39 is 11.5 Å². The van der Waals surface area contributed by atoms with Crippen molar-refractivity contribution in [2.24, 2.45) is 11.1 Å². The van der Waals surface area contributed by atoms with E-state index in [1.807, 2.05) is 20.8 Å². The number of hydrogen-bond donors (Lipinski definition) is 3. The second-order valence-corrected chi connectivity index (χ2v) is 6.90. The van der Waals surface area contributed by atoms with Gasteiger partial charge >= 0.3 is 5.97 Å². The van der Waals surface area contributed by atoms with Crippen LogP contribution in [0.1, 0.15) is 59.3 Å². The summed E-state index contributed by atoms with van der Waals surface area (Å²) in [6.45, 7) is 6.09. The van der Waals surface area contributed by atoms with Gasteiger partial charge in [-0.1, -0.05) is 33.6 Å². The predicted octanol–water partition coefficient (Wildman–Crippen LogP) is 1.65. The van der Waals surface area contributed by atoms with E-state index in [0.717, 1.165) is 12.8 Å². The minimum absolute atomic E-state index is 0.0369. The summed E-state index contributed by atoms with van der Waals surface area (Å²) >= 11 is 0. The van der Waals surface area contributed by atoms with Crippen LogP contribution in [0.4, 0.5) is 0 Å². The average Bonchev–Trinajstić information content (AvgIpc) is 2.62. The highest BCUT2D eigenvalue weighted by molar-refractivity contribution is 5.87. The van der Waals surface area contributed by atoms with Gasteiger partial charge < -0.3 is 16.2 Å². The molecule has 110 valence electrons. The van der Waals surface area contributed by atoms with Gasteiger partial charge in [0.15, 0.2) is 0 Å². The Morgan fingerprint density at radius 1 is 1.32 bits per heavy atom. The fourth-order valence-corrected chi connectivity index (χ4v) is 2.69. The molecule has 0 aromatic rings. The largest absolute Gasteiger partial charge is 0.481 e. The SMILES string of the molecule is CC(C)(C)CC(CC(=O)O)NC(=O)C1(N)CCCC1. The van der Waals surface area contributed by atoms with Crippen LogP contribution in [0.3, 0.4) is 0 Å². The van der Waals surface area contributed by atoms with E-state index in [-0.39, 0.29) is 23.8 Å². The first-order chi connectivity index (χ1) is 8.62. The molecule has 1 rings (SSSR count). The third kappa shape index (κ3) is 5.19. The van der Waals surface area contributed by atoms with E-state index >= 15 is 0 Å². The van der Waals surface area contributed by atoms with Crippen LogP contribution < -0.4 is 11.1 Å². The highest BCUT2D eigenvalue weighted by atomic mass is 16.4.